The van der Waals surface area contributed by atoms with Gasteiger partial charge in [0.05, 0.1) is 5.52 Å². The quantitative estimate of drug-likeness (QED) is 0.752. The second-order valence-electron chi connectivity index (χ2n) is 5.31. The Balaban J connectivity index is 2.03. The van der Waals surface area contributed by atoms with Gasteiger partial charge in [0.25, 0.3) is 0 Å². The molecule has 3 rings (SSSR count). The van der Waals surface area contributed by atoms with Crippen LogP contribution in [0.2, 0.25) is 5.02 Å². The molecular formula is C16H18Cl2N2. The number of anilines is 1. The first-order chi connectivity index (χ1) is 9.79. The zero-order chi connectivity index (χ0) is 13.9. The number of hydrogen-bond donors (Lipinski definition) is 0. The van der Waals surface area contributed by atoms with Crippen LogP contribution < -0.4 is 4.90 Å². The van der Waals surface area contributed by atoms with E-state index in [0.717, 1.165) is 29.4 Å². The smallest absolute Gasteiger partial charge is 0.0737 e. The van der Waals surface area contributed by atoms with Crippen molar-refractivity contribution < 1.29 is 0 Å². The van der Waals surface area contributed by atoms with Crippen LogP contribution in [-0.4, -0.2) is 23.5 Å². The van der Waals surface area contributed by atoms with Gasteiger partial charge in [0, 0.05) is 40.8 Å². The highest BCUT2D eigenvalue weighted by molar-refractivity contribution is 6.31. The Morgan fingerprint density at radius 1 is 1.25 bits per heavy atom. The highest BCUT2D eigenvalue weighted by Gasteiger charge is 2.23. The van der Waals surface area contributed by atoms with Gasteiger partial charge in [-0.1, -0.05) is 11.6 Å². The maximum Gasteiger partial charge on any atom is 0.0737 e. The summed E-state index contributed by atoms with van der Waals surface area (Å²) in [7, 11) is 0. The molecule has 2 aromatic rings. The summed E-state index contributed by atoms with van der Waals surface area (Å²) in [6.45, 7) is 1.10. The van der Waals surface area contributed by atoms with Crippen molar-refractivity contribution in [3.8, 4) is 0 Å². The molecule has 1 aromatic heterocycles. The van der Waals surface area contributed by atoms with Gasteiger partial charge in [-0.3, -0.25) is 4.98 Å². The van der Waals surface area contributed by atoms with E-state index < -0.39 is 0 Å². The Bertz CT molecular complexity index is 598. The number of rotatable bonds is 3. The second-order valence-corrected chi connectivity index (χ2v) is 6.13. The lowest BCUT2D eigenvalue weighted by Crippen LogP contribution is -2.40. The summed E-state index contributed by atoms with van der Waals surface area (Å²) in [5.74, 6) is 0.718. The van der Waals surface area contributed by atoms with Crippen LogP contribution in [-0.2, 0) is 0 Å². The van der Waals surface area contributed by atoms with Gasteiger partial charge in [0.15, 0.2) is 0 Å². The SMILES string of the molecule is ClCCC1CCCCN1c1ccnc2cc(Cl)ccc12. The van der Waals surface area contributed by atoms with E-state index in [4.69, 9.17) is 23.2 Å². The van der Waals surface area contributed by atoms with Crippen molar-refractivity contribution >= 4 is 39.8 Å². The third-order valence-corrected chi connectivity index (χ3v) is 4.51. The van der Waals surface area contributed by atoms with Crippen LogP contribution in [0, 0.1) is 0 Å². The highest BCUT2D eigenvalue weighted by atomic mass is 35.5. The molecule has 2 nitrogen and oxygen atoms in total. The Kier molecular flexibility index (Phi) is 4.32. The molecule has 0 aliphatic carbocycles. The monoisotopic (exact) mass is 308 g/mol. The van der Waals surface area contributed by atoms with Crippen LogP contribution in [0.1, 0.15) is 25.7 Å². The van der Waals surface area contributed by atoms with Crippen molar-refractivity contribution in [2.75, 3.05) is 17.3 Å². The normalized spacial score (nSPS) is 19.5. The molecule has 1 aliphatic heterocycles. The minimum Gasteiger partial charge on any atom is -0.368 e. The molecule has 1 aromatic carbocycles. The van der Waals surface area contributed by atoms with E-state index in [1.54, 1.807) is 0 Å². The minimum atomic E-state index is 0.544. The Labute approximate surface area is 129 Å². The van der Waals surface area contributed by atoms with E-state index in [1.807, 2.05) is 18.3 Å². The highest BCUT2D eigenvalue weighted by Crippen LogP contribution is 2.32. The molecule has 0 saturated carbocycles. The number of benzene rings is 1. The van der Waals surface area contributed by atoms with E-state index in [2.05, 4.69) is 22.0 Å². The predicted molar refractivity (Wildman–Crippen MR) is 87.1 cm³/mol. The van der Waals surface area contributed by atoms with E-state index in [1.165, 1.54) is 30.3 Å². The molecule has 1 unspecified atom stereocenters. The molecule has 0 amide bonds. The Morgan fingerprint density at radius 2 is 2.15 bits per heavy atom. The lowest BCUT2D eigenvalue weighted by atomic mass is 9.98. The van der Waals surface area contributed by atoms with Crippen molar-refractivity contribution in [1.29, 1.82) is 0 Å². The van der Waals surface area contributed by atoms with Crippen molar-refractivity contribution in [3.05, 3.63) is 35.5 Å². The van der Waals surface area contributed by atoms with Crippen LogP contribution in [0.3, 0.4) is 0 Å². The van der Waals surface area contributed by atoms with Crippen molar-refractivity contribution in [2.45, 2.75) is 31.7 Å². The molecule has 2 heterocycles. The van der Waals surface area contributed by atoms with E-state index >= 15 is 0 Å². The number of fused-ring (bicyclic) bond motifs is 1. The molecule has 0 radical (unpaired) electrons. The summed E-state index contributed by atoms with van der Waals surface area (Å²) >= 11 is 12.0. The molecule has 1 fully saturated rings. The van der Waals surface area contributed by atoms with Gasteiger partial charge in [-0.2, -0.15) is 0 Å². The number of pyridine rings is 1. The van der Waals surface area contributed by atoms with Crippen molar-refractivity contribution in [3.63, 3.8) is 0 Å². The standard InChI is InChI=1S/C16H18Cl2N2/c17-8-6-13-3-1-2-10-20(13)16-7-9-19-15-11-12(18)4-5-14(15)16/h4-5,7,9,11,13H,1-3,6,8,10H2. The van der Waals surface area contributed by atoms with Crippen molar-refractivity contribution in [2.24, 2.45) is 0 Å². The number of nitrogens with zero attached hydrogens (tertiary/aromatic N) is 2. The maximum atomic E-state index is 6.06. The Morgan fingerprint density at radius 3 is 3.00 bits per heavy atom. The first kappa shape index (κ1) is 14.0. The first-order valence-electron chi connectivity index (χ1n) is 7.16. The van der Waals surface area contributed by atoms with E-state index in [-0.39, 0.29) is 0 Å². The molecular weight excluding hydrogens is 291 g/mol. The Hall–Kier alpha value is -0.990. The molecule has 20 heavy (non-hydrogen) atoms. The second kappa shape index (κ2) is 6.19. The summed E-state index contributed by atoms with van der Waals surface area (Å²) in [6, 6.07) is 8.61. The van der Waals surface area contributed by atoms with Gasteiger partial charge in [-0.05, 0) is 49.9 Å². The number of halogens is 2. The lowest BCUT2D eigenvalue weighted by molar-refractivity contribution is 0.452. The molecule has 1 aliphatic rings. The number of aromatic nitrogens is 1. The fourth-order valence-corrected chi connectivity index (χ4v) is 3.52. The fraction of sp³-hybridized carbons (Fsp3) is 0.438. The van der Waals surface area contributed by atoms with Crippen LogP contribution >= 0.6 is 23.2 Å². The summed E-state index contributed by atoms with van der Waals surface area (Å²) in [5.41, 5.74) is 2.23. The minimum absolute atomic E-state index is 0.544. The van der Waals surface area contributed by atoms with Gasteiger partial charge in [0.2, 0.25) is 0 Å². The third kappa shape index (κ3) is 2.72. The lowest BCUT2D eigenvalue weighted by Gasteiger charge is -2.38. The molecule has 0 spiro atoms. The van der Waals surface area contributed by atoms with Crippen molar-refractivity contribution in [1.82, 2.24) is 4.98 Å². The van der Waals surface area contributed by atoms with Gasteiger partial charge < -0.3 is 4.90 Å². The first-order valence-corrected chi connectivity index (χ1v) is 8.08. The average Bonchev–Trinajstić information content (AvgIpc) is 2.47. The van der Waals surface area contributed by atoms with Gasteiger partial charge >= 0.3 is 0 Å². The molecule has 0 bridgehead atoms. The van der Waals surface area contributed by atoms with Gasteiger partial charge in [0.1, 0.15) is 0 Å². The summed E-state index contributed by atoms with van der Waals surface area (Å²) in [5, 5.41) is 1.91. The van der Waals surface area contributed by atoms with Gasteiger partial charge in [-0.25, -0.2) is 0 Å². The van der Waals surface area contributed by atoms with Crippen LogP contribution in [0.5, 0.6) is 0 Å². The number of piperidine rings is 1. The summed E-state index contributed by atoms with van der Waals surface area (Å²) in [6.07, 6.45) is 6.69. The van der Waals surface area contributed by atoms with E-state index in [0.29, 0.717) is 6.04 Å². The number of alkyl halides is 1. The van der Waals surface area contributed by atoms with Crippen LogP contribution in [0.15, 0.2) is 30.5 Å². The average molecular weight is 309 g/mol. The molecule has 0 N–H and O–H groups in total. The van der Waals surface area contributed by atoms with Crippen LogP contribution in [0.25, 0.3) is 10.9 Å². The van der Waals surface area contributed by atoms with Gasteiger partial charge in [-0.15, -0.1) is 11.6 Å². The fourth-order valence-electron chi connectivity index (χ4n) is 3.10. The largest absolute Gasteiger partial charge is 0.368 e. The van der Waals surface area contributed by atoms with E-state index in [9.17, 15) is 0 Å². The number of hydrogen-bond acceptors (Lipinski definition) is 2. The zero-order valence-corrected chi connectivity index (χ0v) is 12.9. The maximum absolute atomic E-state index is 6.06. The zero-order valence-electron chi connectivity index (χ0n) is 11.4. The molecule has 106 valence electrons. The molecule has 1 atom stereocenters. The predicted octanol–water partition coefficient (Wildman–Crippen LogP) is 4.88. The third-order valence-electron chi connectivity index (χ3n) is 4.06. The topological polar surface area (TPSA) is 16.1 Å². The van der Waals surface area contributed by atoms with Crippen LogP contribution in [0.4, 0.5) is 5.69 Å². The summed E-state index contributed by atoms with van der Waals surface area (Å²) < 4.78 is 0. The summed E-state index contributed by atoms with van der Waals surface area (Å²) in [4.78, 5) is 6.94. The molecule has 1 saturated heterocycles. The molecule has 4 heteroatoms.